The summed E-state index contributed by atoms with van der Waals surface area (Å²) in [7, 11) is 0. The van der Waals surface area contributed by atoms with Gasteiger partial charge >= 0.3 is 0 Å². The molecule has 2 aromatic rings. The monoisotopic (exact) mass is 328 g/mol. The summed E-state index contributed by atoms with van der Waals surface area (Å²) >= 11 is 5.20. The summed E-state index contributed by atoms with van der Waals surface area (Å²) in [5.41, 5.74) is 6.64. The molecule has 0 spiro atoms. The highest BCUT2D eigenvalue weighted by atomic mass is 32.1. The van der Waals surface area contributed by atoms with Crippen LogP contribution in [0.2, 0.25) is 0 Å². The molecule has 0 amide bonds. The molecular formula is C16H16N4O2S. The van der Waals surface area contributed by atoms with E-state index in [0.717, 1.165) is 22.4 Å². The Hall–Kier alpha value is -2.80. The number of hydrazone groups is 1. The van der Waals surface area contributed by atoms with E-state index in [2.05, 4.69) is 15.8 Å². The highest BCUT2D eigenvalue weighted by molar-refractivity contribution is 7.80. The van der Waals surface area contributed by atoms with E-state index in [4.69, 9.17) is 12.2 Å². The van der Waals surface area contributed by atoms with E-state index in [0.29, 0.717) is 5.11 Å². The average molecular weight is 328 g/mol. The predicted octanol–water partition coefficient (Wildman–Crippen LogP) is 3.53. The predicted molar refractivity (Wildman–Crippen MR) is 96.0 cm³/mol. The van der Waals surface area contributed by atoms with Gasteiger partial charge in [-0.05, 0) is 54.9 Å². The number of nitrogens with zero attached hydrogens (tertiary/aromatic N) is 2. The summed E-state index contributed by atoms with van der Waals surface area (Å²) in [6, 6.07) is 12.1. The number of nitrogens with one attached hydrogen (secondary N) is 2. The summed E-state index contributed by atoms with van der Waals surface area (Å²) in [4.78, 5) is 10.1. The van der Waals surface area contributed by atoms with Gasteiger partial charge < -0.3 is 5.32 Å². The molecular weight excluding hydrogens is 312 g/mol. The molecule has 0 atom stereocenters. The van der Waals surface area contributed by atoms with Crippen molar-refractivity contribution >= 4 is 34.9 Å². The van der Waals surface area contributed by atoms with Crippen molar-refractivity contribution in [1.29, 1.82) is 0 Å². The zero-order chi connectivity index (χ0) is 16.8. The normalized spacial score (nSPS) is 10.5. The van der Waals surface area contributed by atoms with Gasteiger partial charge in [0.15, 0.2) is 5.11 Å². The van der Waals surface area contributed by atoms with Crippen LogP contribution in [0.4, 0.5) is 11.4 Å². The molecule has 0 saturated heterocycles. The van der Waals surface area contributed by atoms with Gasteiger partial charge in [-0.3, -0.25) is 15.5 Å². The van der Waals surface area contributed by atoms with Crippen LogP contribution in [0, 0.1) is 24.0 Å². The van der Waals surface area contributed by atoms with Crippen molar-refractivity contribution in [3.05, 3.63) is 69.3 Å². The third-order valence-corrected chi connectivity index (χ3v) is 3.40. The Morgan fingerprint density at radius 3 is 2.35 bits per heavy atom. The SMILES string of the molecule is Cc1cccc(C)c1NC(=S)N/N=C\c1ccc([N+](=O)[O-])cc1. The third-order valence-electron chi connectivity index (χ3n) is 3.20. The van der Waals surface area contributed by atoms with Crippen molar-refractivity contribution in [2.75, 3.05) is 5.32 Å². The Labute approximate surface area is 139 Å². The van der Waals surface area contributed by atoms with Crippen molar-refractivity contribution in [3.8, 4) is 0 Å². The zero-order valence-corrected chi connectivity index (χ0v) is 13.6. The van der Waals surface area contributed by atoms with Crippen LogP contribution in [0.5, 0.6) is 0 Å². The first kappa shape index (κ1) is 16.6. The second-order valence-electron chi connectivity index (χ2n) is 4.94. The van der Waals surface area contributed by atoms with Gasteiger partial charge in [0.2, 0.25) is 0 Å². The smallest absolute Gasteiger partial charge is 0.269 e. The number of rotatable bonds is 4. The molecule has 0 aromatic heterocycles. The lowest BCUT2D eigenvalue weighted by Gasteiger charge is -2.12. The fourth-order valence-electron chi connectivity index (χ4n) is 2.00. The number of thiocarbonyl (C=S) groups is 1. The largest absolute Gasteiger partial charge is 0.331 e. The fraction of sp³-hybridized carbons (Fsp3) is 0.125. The van der Waals surface area contributed by atoms with Crippen molar-refractivity contribution in [2.24, 2.45) is 5.10 Å². The van der Waals surface area contributed by atoms with Crippen molar-refractivity contribution in [3.63, 3.8) is 0 Å². The maximum Gasteiger partial charge on any atom is 0.269 e. The third kappa shape index (κ3) is 4.58. The molecule has 118 valence electrons. The number of aryl methyl sites for hydroxylation is 2. The first-order valence-corrected chi connectivity index (χ1v) is 7.29. The standard InChI is InChI=1S/C16H16N4O2S/c1-11-4-3-5-12(2)15(11)18-16(23)19-17-10-13-6-8-14(9-7-13)20(21)22/h3-10H,1-2H3,(H2,18,19,23)/b17-10-. The van der Waals surface area contributed by atoms with Crippen LogP contribution in [0.1, 0.15) is 16.7 Å². The number of para-hydroxylation sites is 1. The van der Waals surface area contributed by atoms with Crippen LogP contribution in [0.3, 0.4) is 0 Å². The van der Waals surface area contributed by atoms with Gasteiger partial charge in [0.1, 0.15) is 0 Å². The number of hydrogen-bond acceptors (Lipinski definition) is 4. The Bertz CT molecular complexity index is 737. The van der Waals surface area contributed by atoms with E-state index >= 15 is 0 Å². The number of non-ortho nitro benzene ring substituents is 1. The molecule has 7 heteroatoms. The van der Waals surface area contributed by atoms with Crippen LogP contribution >= 0.6 is 12.2 Å². The van der Waals surface area contributed by atoms with Gasteiger partial charge in [-0.25, -0.2) is 0 Å². The summed E-state index contributed by atoms with van der Waals surface area (Å²) in [5, 5.41) is 18.1. The first-order valence-electron chi connectivity index (χ1n) is 6.88. The first-order chi connectivity index (χ1) is 11.0. The lowest BCUT2D eigenvalue weighted by atomic mass is 10.1. The molecule has 0 radical (unpaired) electrons. The second kappa shape index (κ2) is 7.46. The van der Waals surface area contributed by atoms with Crippen LogP contribution in [-0.2, 0) is 0 Å². The molecule has 2 N–H and O–H groups in total. The average Bonchev–Trinajstić information content (AvgIpc) is 2.51. The topological polar surface area (TPSA) is 79.6 Å². The van der Waals surface area contributed by atoms with Crippen LogP contribution in [-0.4, -0.2) is 16.3 Å². The molecule has 0 fully saturated rings. The Balaban J connectivity index is 1.95. The lowest BCUT2D eigenvalue weighted by Crippen LogP contribution is -2.24. The molecule has 2 rings (SSSR count). The quantitative estimate of drug-likeness (QED) is 0.388. The molecule has 0 heterocycles. The summed E-state index contributed by atoms with van der Waals surface area (Å²) in [6.07, 6.45) is 1.54. The van der Waals surface area contributed by atoms with Gasteiger partial charge in [0.05, 0.1) is 11.1 Å². The van der Waals surface area contributed by atoms with Gasteiger partial charge in [-0.1, -0.05) is 18.2 Å². The molecule has 0 aliphatic heterocycles. The van der Waals surface area contributed by atoms with Gasteiger partial charge in [-0.15, -0.1) is 0 Å². The van der Waals surface area contributed by atoms with Crippen LogP contribution in [0.15, 0.2) is 47.6 Å². The number of hydrogen-bond donors (Lipinski definition) is 2. The van der Waals surface area contributed by atoms with E-state index in [1.54, 1.807) is 18.3 Å². The minimum atomic E-state index is -0.442. The Morgan fingerprint density at radius 1 is 1.17 bits per heavy atom. The molecule has 0 bridgehead atoms. The summed E-state index contributed by atoms with van der Waals surface area (Å²) in [5.74, 6) is 0. The Morgan fingerprint density at radius 2 is 1.78 bits per heavy atom. The van der Waals surface area contributed by atoms with E-state index < -0.39 is 4.92 Å². The number of nitro benzene ring substituents is 1. The maximum absolute atomic E-state index is 10.6. The summed E-state index contributed by atoms with van der Waals surface area (Å²) < 4.78 is 0. The lowest BCUT2D eigenvalue weighted by molar-refractivity contribution is -0.384. The maximum atomic E-state index is 10.6. The van der Waals surface area contributed by atoms with Crippen LogP contribution < -0.4 is 10.7 Å². The Kier molecular flexibility index (Phi) is 5.37. The molecule has 2 aromatic carbocycles. The molecule has 23 heavy (non-hydrogen) atoms. The molecule has 0 aliphatic rings. The highest BCUT2D eigenvalue weighted by Crippen LogP contribution is 2.19. The van der Waals surface area contributed by atoms with Crippen molar-refractivity contribution in [2.45, 2.75) is 13.8 Å². The van der Waals surface area contributed by atoms with Gasteiger partial charge in [-0.2, -0.15) is 5.10 Å². The zero-order valence-electron chi connectivity index (χ0n) is 12.7. The molecule has 0 unspecified atom stereocenters. The van der Waals surface area contributed by atoms with E-state index in [1.165, 1.54) is 12.1 Å². The summed E-state index contributed by atoms with van der Waals surface area (Å²) in [6.45, 7) is 4.00. The molecule has 6 nitrogen and oxygen atoms in total. The minimum absolute atomic E-state index is 0.0438. The van der Waals surface area contributed by atoms with E-state index in [1.807, 2.05) is 32.0 Å². The van der Waals surface area contributed by atoms with Gasteiger partial charge in [0.25, 0.3) is 5.69 Å². The van der Waals surface area contributed by atoms with Crippen LogP contribution in [0.25, 0.3) is 0 Å². The molecule has 0 saturated carbocycles. The van der Waals surface area contributed by atoms with E-state index in [9.17, 15) is 10.1 Å². The number of nitro groups is 1. The fourth-order valence-corrected chi connectivity index (χ4v) is 2.16. The van der Waals surface area contributed by atoms with Gasteiger partial charge in [0, 0.05) is 17.8 Å². The second-order valence-corrected chi connectivity index (χ2v) is 5.35. The highest BCUT2D eigenvalue weighted by Gasteiger charge is 2.04. The van der Waals surface area contributed by atoms with E-state index in [-0.39, 0.29) is 5.69 Å². The molecule has 0 aliphatic carbocycles. The number of anilines is 1. The van der Waals surface area contributed by atoms with Crippen molar-refractivity contribution in [1.82, 2.24) is 5.43 Å². The number of benzene rings is 2. The minimum Gasteiger partial charge on any atom is -0.331 e. The van der Waals surface area contributed by atoms with Crippen molar-refractivity contribution < 1.29 is 4.92 Å².